The third kappa shape index (κ3) is 3.78. The topological polar surface area (TPSA) is 65.2 Å². The molecule has 0 amide bonds. The first-order valence-electron chi connectivity index (χ1n) is 2.29. The van der Waals surface area contributed by atoms with Crippen molar-refractivity contribution < 1.29 is 10.4 Å². The maximum Gasteiger partial charge on any atom is 0.102 e. The van der Waals surface area contributed by atoms with Crippen LogP contribution in [0.1, 0.15) is 6.42 Å². The van der Waals surface area contributed by atoms with Crippen LogP contribution in [0.15, 0.2) is 10.3 Å². The van der Waals surface area contributed by atoms with Crippen LogP contribution in [0.2, 0.25) is 0 Å². The van der Waals surface area contributed by atoms with E-state index in [-0.39, 0.29) is 5.71 Å². The Labute approximate surface area is 57.4 Å². The fourth-order valence-electron chi connectivity index (χ4n) is 0.304. The number of nitrogens with zero attached hydrogens (tertiary/aromatic N) is 2. The predicted octanol–water partition coefficient (Wildman–Crippen LogP) is 0.905. The molecule has 0 aromatic carbocycles. The summed E-state index contributed by atoms with van der Waals surface area (Å²) < 4.78 is 0. The lowest BCUT2D eigenvalue weighted by Gasteiger charge is -1.88. The first-order valence-corrected chi connectivity index (χ1v) is 2.83. The summed E-state index contributed by atoms with van der Waals surface area (Å²) in [6.45, 7) is 0. The minimum absolute atomic E-state index is 0.257. The zero-order chi connectivity index (χ0) is 7.11. The summed E-state index contributed by atoms with van der Waals surface area (Å²) >= 11 is 5.28. The molecule has 5 heteroatoms. The largest absolute Gasteiger partial charge is 0.411 e. The lowest BCUT2D eigenvalue weighted by Crippen LogP contribution is -2.00. The number of alkyl halides is 1. The van der Waals surface area contributed by atoms with Gasteiger partial charge < -0.3 is 10.4 Å². The second-order valence-corrected chi connectivity index (χ2v) is 1.65. The van der Waals surface area contributed by atoms with E-state index in [1.165, 1.54) is 0 Å². The summed E-state index contributed by atoms with van der Waals surface area (Å²) in [5, 5.41) is 21.5. The van der Waals surface area contributed by atoms with Gasteiger partial charge in [0.15, 0.2) is 0 Å². The van der Waals surface area contributed by atoms with Gasteiger partial charge in [-0.2, -0.15) is 0 Å². The fraction of sp³-hybridized carbons (Fsp3) is 0.500. The molecule has 0 rings (SSSR count). The van der Waals surface area contributed by atoms with Gasteiger partial charge in [0.25, 0.3) is 0 Å². The normalized spacial score (nSPS) is 12.8. The molecule has 0 atom stereocenters. The summed E-state index contributed by atoms with van der Waals surface area (Å²) in [6.07, 6.45) is 1.42. The molecule has 0 unspecified atom stereocenters. The number of halogens is 1. The minimum Gasteiger partial charge on any atom is -0.411 e. The van der Waals surface area contributed by atoms with Crippen LogP contribution in [-0.2, 0) is 0 Å². The molecule has 0 aromatic rings. The molecule has 0 aliphatic heterocycles. The molecule has 0 aliphatic carbocycles. The van der Waals surface area contributed by atoms with Crippen molar-refractivity contribution >= 4 is 23.5 Å². The number of oxime groups is 2. The van der Waals surface area contributed by atoms with Crippen LogP contribution in [0, 0.1) is 0 Å². The fourth-order valence-corrected chi connectivity index (χ4v) is 0.497. The average Bonchev–Trinajstić information content (AvgIpc) is 1.88. The van der Waals surface area contributed by atoms with Crippen LogP contribution in [0.25, 0.3) is 0 Å². The monoisotopic (exact) mass is 150 g/mol. The van der Waals surface area contributed by atoms with Crippen molar-refractivity contribution in [2.24, 2.45) is 10.3 Å². The van der Waals surface area contributed by atoms with Crippen molar-refractivity contribution in [1.82, 2.24) is 0 Å². The van der Waals surface area contributed by atoms with E-state index in [0.29, 0.717) is 12.3 Å². The molecule has 2 N–H and O–H groups in total. The Hall–Kier alpha value is -0.770. The van der Waals surface area contributed by atoms with Crippen LogP contribution in [0.4, 0.5) is 0 Å². The van der Waals surface area contributed by atoms with Crippen LogP contribution in [-0.4, -0.2) is 28.2 Å². The van der Waals surface area contributed by atoms with Gasteiger partial charge in [-0.25, -0.2) is 0 Å². The van der Waals surface area contributed by atoms with E-state index in [4.69, 9.17) is 22.0 Å². The second kappa shape index (κ2) is 5.37. The Bertz CT molecular complexity index is 124. The molecule has 0 radical (unpaired) electrons. The number of hydrogen-bond donors (Lipinski definition) is 2. The summed E-state index contributed by atoms with van der Waals surface area (Å²) in [6, 6.07) is 0. The van der Waals surface area contributed by atoms with E-state index in [1.807, 2.05) is 0 Å². The quantitative estimate of drug-likeness (QED) is 0.272. The van der Waals surface area contributed by atoms with Crippen LogP contribution < -0.4 is 0 Å². The summed E-state index contributed by atoms with van der Waals surface area (Å²) in [4.78, 5) is 0. The molecule has 0 aliphatic rings. The third-order valence-electron chi connectivity index (χ3n) is 0.686. The highest BCUT2D eigenvalue weighted by Crippen LogP contribution is 1.86. The molecule has 4 nitrogen and oxygen atoms in total. The van der Waals surface area contributed by atoms with Gasteiger partial charge in [0.2, 0.25) is 0 Å². The van der Waals surface area contributed by atoms with Gasteiger partial charge in [-0.3, -0.25) is 0 Å². The van der Waals surface area contributed by atoms with E-state index in [1.54, 1.807) is 0 Å². The predicted molar refractivity (Wildman–Crippen MR) is 34.8 cm³/mol. The molecule has 0 spiro atoms. The molecular weight excluding hydrogens is 144 g/mol. The van der Waals surface area contributed by atoms with Crippen molar-refractivity contribution in [2.75, 3.05) is 5.88 Å². The van der Waals surface area contributed by atoms with Gasteiger partial charge in [0.05, 0.1) is 6.21 Å². The van der Waals surface area contributed by atoms with Gasteiger partial charge >= 0.3 is 0 Å². The van der Waals surface area contributed by atoms with Gasteiger partial charge in [0.1, 0.15) is 5.71 Å². The maximum atomic E-state index is 8.12. The minimum atomic E-state index is 0.257. The molecule has 0 bridgehead atoms. The van der Waals surface area contributed by atoms with Crippen molar-refractivity contribution in [1.29, 1.82) is 0 Å². The molecule has 0 saturated heterocycles. The van der Waals surface area contributed by atoms with Gasteiger partial charge in [-0.1, -0.05) is 10.3 Å². The van der Waals surface area contributed by atoms with E-state index >= 15 is 0 Å². The van der Waals surface area contributed by atoms with Gasteiger partial charge in [0, 0.05) is 12.3 Å². The highest BCUT2D eigenvalue weighted by atomic mass is 35.5. The van der Waals surface area contributed by atoms with Crippen molar-refractivity contribution in [3.05, 3.63) is 0 Å². The first-order chi connectivity index (χ1) is 4.35. The zero-order valence-corrected chi connectivity index (χ0v) is 5.41. The Morgan fingerprint density at radius 2 is 2.22 bits per heavy atom. The Balaban J connectivity index is 3.70. The molecule has 0 fully saturated rings. The second-order valence-electron chi connectivity index (χ2n) is 1.27. The lowest BCUT2D eigenvalue weighted by molar-refractivity contribution is 0.315. The standard InChI is InChI=1S/C4H7ClN2O2/c5-2-1-4(7-9)3-6-8/h3,8-9H,1-2H2. The molecular formula is C4H7ClN2O2. The molecule has 0 aromatic heterocycles. The summed E-state index contributed by atoms with van der Waals surface area (Å²) in [5.41, 5.74) is 0.257. The summed E-state index contributed by atoms with van der Waals surface area (Å²) in [7, 11) is 0. The zero-order valence-electron chi connectivity index (χ0n) is 4.66. The van der Waals surface area contributed by atoms with E-state index < -0.39 is 0 Å². The molecule has 52 valence electrons. The maximum absolute atomic E-state index is 8.12. The highest BCUT2D eigenvalue weighted by Gasteiger charge is 1.92. The third-order valence-corrected chi connectivity index (χ3v) is 0.875. The van der Waals surface area contributed by atoms with Crippen molar-refractivity contribution in [2.45, 2.75) is 6.42 Å². The van der Waals surface area contributed by atoms with Crippen molar-refractivity contribution in [3.63, 3.8) is 0 Å². The van der Waals surface area contributed by atoms with E-state index in [2.05, 4.69) is 10.3 Å². The Morgan fingerprint density at radius 3 is 2.56 bits per heavy atom. The number of hydrogen-bond acceptors (Lipinski definition) is 4. The van der Waals surface area contributed by atoms with Crippen molar-refractivity contribution in [3.8, 4) is 0 Å². The first kappa shape index (κ1) is 8.23. The Kier molecular flexibility index (Phi) is 4.91. The van der Waals surface area contributed by atoms with Gasteiger partial charge in [-0.05, 0) is 0 Å². The highest BCUT2D eigenvalue weighted by molar-refractivity contribution is 6.32. The van der Waals surface area contributed by atoms with E-state index in [0.717, 1.165) is 6.21 Å². The van der Waals surface area contributed by atoms with Crippen LogP contribution >= 0.6 is 11.6 Å². The molecule has 0 heterocycles. The Morgan fingerprint density at radius 1 is 1.56 bits per heavy atom. The number of rotatable bonds is 3. The molecule has 9 heavy (non-hydrogen) atoms. The molecule has 0 saturated carbocycles. The summed E-state index contributed by atoms with van der Waals surface area (Å²) in [5.74, 6) is 0.339. The van der Waals surface area contributed by atoms with Crippen LogP contribution in [0.5, 0.6) is 0 Å². The smallest absolute Gasteiger partial charge is 0.102 e. The van der Waals surface area contributed by atoms with Crippen LogP contribution in [0.3, 0.4) is 0 Å². The van der Waals surface area contributed by atoms with E-state index in [9.17, 15) is 0 Å². The lowest BCUT2D eigenvalue weighted by atomic mass is 10.3. The average molecular weight is 151 g/mol. The SMILES string of the molecule is ON=CC(CCCl)=NO. The van der Waals surface area contributed by atoms with Gasteiger partial charge in [-0.15, -0.1) is 11.6 Å².